The third kappa shape index (κ3) is 2.49. The molecule has 2 nitrogen and oxygen atoms in total. The van der Waals surface area contributed by atoms with Crippen LogP contribution in [0.25, 0.3) is 0 Å². The highest BCUT2D eigenvalue weighted by atomic mass is 15.1. The molecule has 0 saturated carbocycles. The third-order valence-corrected chi connectivity index (χ3v) is 3.99. The summed E-state index contributed by atoms with van der Waals surface area (Å²) < 4.78 is 2.42. The first-order valence-corrected chi connectivity index (χ1v) is 6.54. The van der Waals surface area contributed by atoms with Crippen LogP contribution < -0.4 is 0 Å². The van der Waals surface area contributed by atoms with Gasteiger partial charge in [0, 0.05) is 18.4 Å². The molecule has 0 radical (unpaired) electrons. The van der Waals surface area contributed by atoms with Crippen molar-refractivity contribution in [3.05, 3.63) is 23.0 Å². The normalized spacial score (nSPS) is 17.2. The number of hydrogen-bond donors (Lipinski definition) is 0. The predicted octanol–water partition coefficient (Wildman–Crippen LogP) is 2.90. The highest BCUT2D eigenvalue weighted by Gasteiger charge is 2.11. The molecule has 1 fully saturated rings. The first kappa shape index (κ1) is 11.7. The van der Waals surface area contributed by atoms with Crippen molar-refractivity contribution < 1.29 is 0 Å². The number of hydrogen-bond acceptors (Lipinski definition) is 1. The van der Waals surface area contributed by atoms with Crippen LogP contribution in [0.2, 0.25) is 0 Å². The maximum atomic E-state index is 2.60. The SMILES string of the molecule is Cc1cn(CCCN2CCCC2)c(C)c1C. The van der Waals surface area contributed by atoms with Gasteiger partial charge in [0.25, 0.3) is 0 Å². The Morgan fingerprint density at radius 1 is 1.06 bits per heavy atom. The second kappa shape index (κ2) is 5.05. The lowest BCUT2D eigenvalue weighted by Gasteiger charge is -2.15. The summed E-state index contributed by atoms with van der Waals surface area (Å²) in [5, 5.41) is 0. The Hall–Kier alpha value is -0.760. The summed E-state index contributed by atoms with van der Waals surface area (Å²) in [6.07, 6.45) is 6.39. The molecule has 2 heterocycles. The summed E-state index contributed by atoms with van der Waals surface area (Å²) in [5.41, 5.74) is 4.33. The summed E-state index contributed by atoms with van der Waals surface area (Å²) in [4.78, 5) is 2.60. The Kier molecular flexibility index (Phi) is 3.70. The van der Waals surface area contributed by atoms with E-state index in [2.05, 4.69) is 36.4 Å². The zero-order valence-electron chi connectivity index (χ0n) is 10.9. The second-order valence-corrected chi connectivity index (χ2v) is 5.12. The first-order valence-electron chi connectivity index (χ1n) is 6.54. The van der Waals surface area contributed by atoms with Gasteiger partial charge >= 0.3 is 0 Å². The van der Waals surface area contributed by atoms with Crippen LogP contribution in [0.15, 0.2) is 6.20 Å². The summed E-state index contributed by atoms with van der Waals surface area (Å²) >= 11 is 0. The van der Waals surface area contributed by atoms with Crippen molar-refractivity contribution in [2.75, 3.05) is 19.6 Å². The summed E-state index contributed by atoms with van der Waals surface area (Å²) in [6.45, 7) is 11.8. The fourth-order valence-electron chi connectivity index (χ4n) is 2.63. The number of rotatable bonds is 4. The summed E-state index contributed by atoms with van der Waals surface area (Å²) in [7, 11) is 0. The van der Waals surface area contributed by atoms with Gasteiger partial charge in [0.05, 0.1) is 0 Å². The second-order valence-electron chi connectivity index (χ2n) is 5.12. The predicted molar refractivity (Wildman–Crippen MR) is 68.9 cm³/mol. The van der Waals surface area contributed by atoms with Crippen LogP contribution in [0.3, 0.4) is 0 Å². The van der Waals surface area contributed by atoms with Gasteiger partial charge in [-0.1, -0.05) is 0 Å². The van der Waals surface area contributed by atoms with Crippen molar-refractivity contribution in [2.24, 2.45) is 0 Å². The van der Waals surface area contributed by atoms with Gasteiger partial charge in [-0.2, -0.15) is 0 Å². The molecule has 1 aromatic rings. The minimum absolute atomic E-state index is 1.18. The minimum Gasteiger partial charge on any atom is -0.351 e. The molecule has 1 aromatic heterocycles. The fraction of sp³-hybridized carbons (Fsp3) is 0.714. The van der Waals surface area contributed by atoms with Gasteiger partial charge in [-0.15, -0.1) is 0 Å². The Balaban J connectivity index is 1.82. The van der Waals surface area contributed by atoms with Crippen molar-refractivity contribution >= 4 is 0 Å². The molecule has 0 bridgehead atoms. The number of likely N-dealkylation sites (tertiary alicyclic amines) is 1. The molecule has 0 atom stereocenters. The van der Waals surface area contributed by atoms with Crippen molar-refractivity contribution in [1.82, 2.24) is 9.47 Å². The molecule has 0 aromatic carbocycles. The van der Waals surface area contributed by atoms with Gasteiger partial charge in [0.2, 0.25) is 0 Å². The van der Waals surface area contributed by atoms with Crippen LogP contribution >= 0.6 is 0 Å². The Labute approximate surface area is 99.3 Å². The molecule has 1 aliphatic heterocycles. The Morgan fingerprint density at radius 2 is 1.75 bits per heavy atom. The molecular weight excluding hydrogens is 196 g/mol. The number of aromatic nitrogens is 1. The lowest BCUT2D eigenvalue weighted by molar-refractivity contribution is 0.325. The van der Waals surface area contributed by atoms with Gasteiger partial charge in [0.1, 0.15) is 0 Å². The Morgan fingerprint density at radius 3 is 2.31 bits per heavy atom. The van der Waals surface area contributed by atoms with E-state index >= 15 is 0 Å². The molecule has 2 rings (SSSR count). The average molecular weight is 220 g/mol. The van der Waals surface area contributed by atoms with Gasteiger partial charge in [-0.05, 0) is 70.8 Å². The van der Waals surface area contributed by atoms with Gasteiger partial charge in [-0.25, -0.2) is 0 Å². The van der Waals surface area contributed by atoms with Crippen LogP contribution in [-0.4, -0.2) is 29.1 Å². The zero-order chi connectivity index (χ0) is 11.5. The topological polar surface area (TPSA) is 8.17 Å². The number of aryl methyl sites for hydroxylation is 2. The van der Waals surface area contributed by atoms with E-state index in [1.165, 1.54) is 62.3 Å². The number of nitrogens with zero attached hydrogens (tertiary/aromatic N) is 2. The van der Waals surface area contributed by atoms with Crippen LogP contribution in [0.4, 0.5) is 0 Å². The van der Waals surface area contributed by atoms with Gasteiger partial charge in [-0.3, -0.25) is 0 Å². The van der Waals surface area contributed by atoms with Crippen molar-refractivity contribution in [3.63, 3.8) is 0 Å². The smallest absolute Gasteiger partial charge is 0.0234 e. The van der Waals surface area contributed by atoms with Gasteiger partial charge < -0.3 is 9.47 Å². The van der Waals surface area contributed by atoms with Gasteiger partial charge in [0.15, 0.2) is 0 Å². The largest absolute Gasteiger partial charge is 0.351 e. The molecule has 0 unspecified atom stereocenters. The third-order valence-electron chi connectivity index (χ3n) is 3.99. The van der Waals surface area contributed by atoms with E-state index < -0.39 is 0 Å². The maximum Gasteiger partial charge on any atom is 0.0234 e. The molecular formula is C14H24N2. The minimum atomic E-state index is 1.18. The van der Waals surface area contributed by atoms with E-state index in [9.17, 15) is 0 Å². The van der Waals surface area contributed by atoms with Crippen molar-refractivity contribution in [2.45, 2.75) is 46.6 Å². The highest BCUT2D eigenvalue weighted by Crippen LogP contribution is 2.15. The van der Waals surface area contributed by atoms with Crippen molar-refractivity contribution in [3.8, 4) is 0 Å². The molecule has 16 heavy (non-hydrogen) atoms. The highest BCUT2D eigenvalue weighted by molar-refractivity contribution is 5.28. The molecule has 0 spiro atoms. The van der Waals surface area contributed by atoms with Crippen LogP contribution in [0, 0.1) is 20.8 Å². The van der Waals surface area contributed by atoms with E-state index in [0.29, 0.717) is 0 Å². The van der Waals surface area contributed by atoms with Crippen LogP contribution in [-0.2, 0) is 6.54 Å². The fourth-order valence-corrected chi connectivity index (χ4v) is 2.63. The van der Waals surface area contributed by atoms with Crippen LogP contribution in [0.1, 0.15) is 36.1 Å². The first-order chi connectivity index (χ1) is 7.68. The monoisotopic (exact) mass is 220 g/mol. The van der Waals surface area contributed by atoms with E-state index in [4.69, 9.17) is 0 Å². The lowest BCUT2D eigenvalue weighted by Crippen LogP contribution is -2.21. The standard InChI is InChI=1S/C14H24N2/c1-12-11-16(14(3)13(12)2)10-6-9-15-7-4-5-8-15/h11H,4-10H2,1-3H3. The van der Waals surface area contributed by atoms with E-state index in [0.717, 1.165) is 0 Å². The zero-order valence-corrected chi connectivity index (χ0v) is 10.9. The molecule has 1 saturated heterocycles. The van der Waals surface area contributed by atoms with E-state index in [1.807, 2.05) is 0 Å². The van der Waals surface area contributed by atoms with Crippen LogP contribution in [0.5, 0.6) is 0 Å². The summed E-state index contributed by atoms with van der Waals surface area (Å²) in [5.74, 6) is 0. The average Bonchev–Trinajstić information content (AvgIpc) is 2.85. The lowest BCUT2D eigenvalue weighted by atomic mass is 10.2. The molecule has 0 N–H and O–H groups in total. The molecule has 1 aliphatic rings. The molecule has 0 amide bonds. The maximum absolute atomic E-state index is 2.60. The van der Waals surface area contributed by atoms with E-state index in [1.54, 1.807) is 0 Å². The van der Waals surface area contributed by atoms with Crippen molar-refractivity contribution in [1.29, 1.82) is 0 Å². The molecule has 0 aliphatic carbocycles. The quantitative estimate of drug-likeness (QED) is 0.757. The van der Waals surface area contributed by atoms with E-state index in [-0.39, 0.29) is 0 Å². The molecule has 90 valence electrons. The molecule has 2 heteroatoms. The Bertz CT molecular complexity index is 346. The summed E-state index contributed by atoms with van der Waals surface area (Å²) in [6, 6.07) is 0.